The molecule has 2 bridgehead atoms. The van der Waals surface area contributed by atoms with Crippen molar-refractivity contribution in [1.82, 2.24) is 19.6 Å². The lowest BCUT2D eigenvalue weighted by Gasteiger charge is -2.30. The Balaban J connectivity index is 1.52. The summed E-state index contributed by atoms with van der Waals surface area (Å²) in [6, 6.07) is 8.42. The highest BCUT2D eigenvalue weighted by atomic mass is 28.3. The lowest BCUT2D eigenvalue weighted by atomic mass is 9.79. The van der Waals surface area contributed by atoms with E-state index in [4.69, 9.17) is 19.6 Å². The van der Waals surface area contributed by atoms with Crippen LogP contribution in [0.1, 0.15) is 63.3 Å². The van der Waals surface area contributed by atoms with Gasteiger partial charge in [0.2, 0.25) is 0 Å². The molecule has 3 atom stereocenters. The zero-order valence-corrected chi connectivity index (χ0v) is 30.4. The van der Waals surface area contributed by atoms with E-state index in [1.165, 1.54) is 32.1 Å². The quantitative estimate of drug-likeness (QED) is 0.110. The summed E-state index contributed by atoms with van der Waals surface area (Å²) in [6.07, 6.45) is 10.2. The van der Waals surface area contributed by atoms with Gasteiger partial charge in [0.05, 0.1) is 11.9 Å². The first-order valence-electron chi connectivity index (χ1n) is 16.6. The summed E-state index contributed by atoms with van der Waals surface area (Å²) in [6.45, 7) is 20.2. The van der Waals surface area contributed by atoms with E-state index in [0.717, 1.165) is 65.4 Å². The third kappa shape index (κ3) is 8.57. The third-order valence-corrected chi connectivity index (χ3v) is 12.7. The van der Waals surface area contributed by atoms with E-state index >= 15 is 0 Å². The van der Waals surface area contributed by atoms with Crippen molar-refractivity contribution in [2.45, 2.75) is 109 Å². The Morgan fingerprint density at radius 2 is 1.52 bits per heavy atom. The molecule has 0 aliphatic heterocycles. The molecular weight excluding hydrogens is 583 g/mol. The number of hydrogen-bond donors (Lipinski definition) is 1. The van der Waals surface area contributed by atoms with Gasteiger partial charge in [0, 0.05) is 64.4 Å². The molecule has 8 nitrogen and oxygen atoms in total. The van der Waals surface area contributed by atoms with Gasteiger partial charge in [-0.05, 0) is 63.1 Å². The highest BCUT2D eigenvalue weighted by Gasteiger charge is 2.36. The lowest BCUT2D eigenvalue weighted by molar-refractivity contribution is 0.0739. The molecule has 0 aromatic carbocycles. The summed E-state index contributed by atoms with van der Waals surface area (Å²) < 4.78 is 14.6. The first kappa shape index (κ1) is 33.3. The molecule has 3 aromatic rings. The van der Waals surface area contributed by atoms with Crippen LogP contribution in [-0.4, -0.2) is 67.5 Å². The van der Waals surface area contributed by atoms with E-state index in [0.29, 0.717) is 25.1 Å². The number of pyridine rings is 1. The number of fused-ring (bicyclic) bond motifs is 3. The average molecular weight is 638 g/mol. The maximum absolute atomic E-state index is 10.5. The summed E-state index contributed by atoms with van der Waals surface area (Å²) in [4.78, 5) is 12.1. The molecule has 3 heterocycles. The molecule has 2 aliphatic carbocycles. The molecule has 1 N–H and O–H groups in total. The molecule has 0 saturated heterocycles. The van der Waals surface area contributed by atoms with E-state index in [-0.39, 0.29) is 0 Å². The number of aromatic nitrogens is 4. The van der Waals surface area contributed by atoms with Crippen molar-refractivity contribution in [2.24, 2.45) is 11.8 Å². The molecule has 10 heteroatoms. The number of hydrogen-bond acceptors (Lipinski definition) is 7. The first-order chi connectivity index (χ1) is 20.7. The van der Waals surface area contributed by atoms with Gasteiger partial charge in [-0.3, -0.25) is 4.98 Å². The molecule has 44 heavy (non-hydrogen) atoms. The van der Waals surface area contributed by atoms with Gasteiger partial charge < -0.3 is 19.5 Å². The molecule has 2 fully saturated rings. The van der Waals surface area contributed by atoms with Crippen LogP contribution in [0, 0.1) is 11.8 Å². The van der Waals surface area contributed by atoms with E-state index < -0.39 is 21.7 Å². The van der Waals surface area contributed by atoms with Gasteiger partial charge >= 0.3 is 0 Å². The zero-order chi connectivity index (χ0) is 31.7. The Morgan fingerprint density at radius 3 is 2.05 bits per heavy atom. The Morgan fingerprint density at radius 1 is 0.909 bits per heavy atom. The van der Waals surface area contributed by atoms with Crippen LogP contribution in [0.3, 0.4) is 0 Å². The molecule has 3 aromatic heterocycles. The zero-order valence-electron chi connectivity index (χ0n) is 28.4. The van der Waals surface area contributed by atoms with Crippen LogP contribution in [0.15, 0.2) is 30.6 Å². The highest BCUT2D eigenvalue weighted by molar-refractivity contribution is 6.76. The summed E-state index contributed by atoms with van der Waals surface area (Å²) >= 11 is 0. The highest BCUT2D eigenvalue weighted by Crippen LogP contribution is 2.48. The molecule has 0 spiro atoms. The van der Waals surface area contributed by atoms with E-state index in [2.05, 4.69) is 55.2 Å². The smallest absolute Gasteiger partial charge is 0.165 e. The first-order valence-corrected chi connectivity index (χ1v) is 24.1. The Kier molecular flexibility index (Phi) is 10.1. The van der Waals surface area contributed by atoms with Crippen molar-refractivity contribution in [2.75, 3.05) is 31.6 Å². The monoisotopic (exact) mass is 637 g/mol. The fraction of sp³-hybridized carbons (Fsp3) is 0.676. The normalized spacial score (nSPS) is 20.9. The van der Waals surface area contributed by atoms with Crippen LogP contribution < -0.4 is 4.90 Å². The van der Waals surface area contributed by atoms with Crippen LogP contribution in [-0.2, 0) is 15.1 Å². The van der Waals surface area contributed by atoms with Gasteiger partial charge in [-0.15, -0.1) is 0 Å². The molecule has 0 radical (unpaired) electrons. The van der Waals surface area contributed by atoms with Gasteiger partial charge in [-0.1, -0.05) is 58.2 Å². The fourth-order valence-corrected chi connectivity index (χ4v) is 8.06. The lowest BCUT2D eigenvalue weighted by Crippen LogP contribution is -2.33. The van der Waals surface area contributed by atoms with Crippen LogP contribution in [0.2, 0.25) is 51.4 Å². The average Bonchev–Trinajstić information content (AvgIpc) is 3.52. The van der Waals surface area contributed by atoms with Gasteiger partial charge in [-0.2, -0.15) is 9.61 Å². The van der Waals surface area contributed by atoms with Gasteiger partial charge in [0.25, 0.3) is 0 Å². The van der Waals surface area contributed by atoms with Crippen molar-refractivity contribution >= 4 is 27.6 Å². The van der Waals surface area contributed by atoms with Crippen molar-refractivity contribution in [3.8, 4) is 11.1 Å². The molecule has 242 valence electrons. The maximum Gasteiger partial charge on any atom is 0.165 e. The maximum atomic E-state index is 10.5. The Bertz CT molecular complexity index is 1360. The summed E-state index contributed by atoms with van der Waals surface area (Å²) in [5, 5.41) is 15.3. The van der Waals surface area contributed by atoms with Crippen LogP contribution in [0.5, 0.6) is 0 Å². The standard InChI is InChI=1S/C34H55N5O3Si2/c1-34(2,40)31-12-11-27(21-35-31)29-22-36-39-32(20-30(37-33(29)39)28-18-25-9-10-26(17-25)19-28)38(23-41-13-15-43(3,4)5)24-42-14-16-44(6,7)8/h11-12,20-22,25-26,28,40H,9-10,13-19,23-24H2,1-8H3/t25-,26+,28?. The molecular formula is C34H55N5O3Si2. The van der Waals surface area contributed by atoms with Crippen LogP contribution in [0.25, 0.3) is 16.8 Å². The summed E-state index contributed by atoms with van der Waals surface area (Å²) in [7, 11) is -2.43. The second-order valence-corrected chi connectivity index (χ2v) is 27.5. The van der Waals surface area contributed by atoms with Crippen LogP contribution >= 0.6 is 0 Å². The largest absolute Gasteiger partial charge is 0.384 e. The van der Waals surface area contributed by atoms with Crippen molar-refractivity contribution in [1.29, 1.82) is 0 Å². The second kappa shape index (κ2) is 13.3. The summed E-state index contributed by atoms with van der Waals surface area (Å²) in [5.74, 6) is 3.05. The molecule has 2 saturated carbocycles. The topological polar surface area (TPSA) is 85.0 Å². The predicted octanol–water partition coefficient (Wildman–Crippen LogP) is 7.74. The van der Waals surface area contributed by atoms with Crippen molar-refractivity contribution in [3.63, 3.8) is 0 Å². The summed E-state index contributed by atoms with van der Waals surface area (Å²) in [5.41, 5.74) is 3.52. The van der Waals surface area contributed by atoms with Crippen LogP contribution in [0.4, 0.5) is 5.82 Å². The number of rotatable bonds is 14. The van der Waals surface area contributed by atoms with E-state index in [1.54, 1.807) is 13.8 Å². The predicted molar refractivity (Wildman–Crippen MR) is 185 cm³/mol. The Hall–Kier alpha value is -2.12. The second-order valence-electron chi connectivity index (χ2n) is 16.3. The molecule has 0 amide bonds. The number of nitrogens with zero attached hydrogens (tertiary/aromatic N) is 5. The minimum absolute atomic E-state index is 0.447. The minimum Gasteiger partial charge on any atom is -0.384 e. The fourth-order valence-electron chi connectivity index (χ4n) is 6.54. The number of ether oxygens (including phenoxy) is 2. The van der Waals surface area contributed by atoms with Crippen molar-refractivity contribution in [3.05, 3.63) is 42.0 Å². The third-order valence-electron chi connectivity index (χ3n) is 9.29. The molecule has 1 unspecified atom stereocenters. The van der Waals surface area contributed by atoms with E-state index in [9.17, 15) is 5.11 Å². The van der Waals surface area contributed by atoms with Crippen molar-refractivity contribution < 1.29 is 14.6 Å². The SMILES string of the molecule is CC(C)(O)c1ccc(-c2cnn3c(N(COCC[Si](C)(C)C)COCC[Si](C)(C)C)cc(C4C[C@H]5CC[C@@H](C4)C5)nc23)cn1. The van der Waals surface area contributed by atoms with Gasteiger partial charge in [0.1, 0.15) is 24.9 Å². The van der Waals surface area contributed by atoms with Gasteiger partial charge in [0.15, 0.2) is 5.65 Å². The Labute approximate surface area is 266 Å². The number of aliphatic hydroxyl groups is 1. The minimum atomic E-state index is -1.21. The van der Waals surface area contributed by atoms with Gasteiger partial charge in [-0.25, -0.2) is 4.98 Å². The molecule has 2 aliphatic rings. The van der Waals surface area contributed by atoms with E-state index in [1.807, 2.05) is 29.0 Å². The molecule has 5 rings (SSSR count). The number of anilines is 1.